The summed E-state index contributed by atoms with van der Waals surface area (Å²) >= 11 is 5.86. The number of halogens is 1. The molecule has 0 N–H and O–H groups in total. The molecular weight excluding hydrogens is 320 g/mol. The van der Waals surface area contributed by atoms with Crippen LogP contribution in [0.3, 0.4) is 0 Å². The minimum atomic E-state index is 0.203. The molecule has 3 nitrogen and oxygen atoms in total. The van der Waals surface area contributed by atoms with Crippen molar-refractivity contribution in [2.75, 3.05) is 37.6 Å². The van der Waals surface area contributed by atoms with Crippen LogP contribution in [0.15, 0.2) is 54.6 Å². The molecule has 126 valence electrons. The van der Waals surface area contributed by atoms with E-state index >= 15 is 0 Å². The van der Waals surface area contributed by atoms with Crippen molar-refractivity contribution in [2.45, 2.75) is 12.8 Å². The fraction of sp³-hybridized carbons (Fsp3) is 0.350. The van der Waals surface area contributed by atoms with E-state index in [4.69, 9.17) is 11.6 Å². The van der Waals surface area contributed by atoms with Crippen molar-refractivity contribution in [1.82, 2.24) is 4.90 Å². The van der Waals surface area contributed by atoms with Crippen LogP contribution in [0, 0.1) is 0 Å². The smallest absolute Gasteiger partial charge is 0.162 e. The highest BCUT2D eigenvalue weighted by Gasteiger charge is 2.17. The monoisotopic (exact) mass is 342 g/mol. The zero-order valence-electron chi connectivity index (χ0n) is 13.8. The molecule has 1 saturated heterocycles. The average Bonchev–Trinajstić information content (AvgIpc) is 2.63. The molecule has 0 unspecified atom stereocenters. The lowest BCUT2D eigenvalue weighted by Crippen LogP contribution is -2.46. The normalized spacial score (nSPS) is 15.5. The van der Waals surface area contributed by atoms with Gasteiger partial charge in [0.25, 0.3) is 0 Å². The van der Waals surface area contributed by atoms with Crippen LogP contribution < -0.4 is 4.90 Å². The van der Waals surface area contributed by atoms with Crippen molar-refractivity contribution in [2.24, 2.45) is 0 Å². The van der Waals surface area contributed by atoms with Gasteiger partial charge < -0.3 is 4.90 Å². The molecule has 1 aliphatic heterocycles. The lowest BCUT2D eigenvalue weighted by Gasteiger charge is -2.36. The SMILES string of the molecule is O=C(CCCN1CCN(c2ccccc2)CC1)c1ccc(Cl)cc1. The third kappa shape index (κ3) is 4.59. The summed E-state index contributed by atoms with van der Waals surface area (Å²) in [5.41, 5.74) is 2.06. The molecule has 3 rings (SSSR count). The minimum absolute atomic E-state index is 0.203. The summed E-state index contributed by atoms with van der Waals surface area (Å²) in [4.78, 5) is 17.0. The van der Waals surface area contributed by atoms with Crippen molar-refractivity contribution in [3.63, 3.8) is 0 Å². The Balaban J connectivity index is 1.39. The maximum Gasteiger partial charge on any atom is 0.162 e. The van der Waals surface area contributed by atoms with Gasteiger partial charge in [0, 0.05) is 48.9 Å². The molecule has 2 aromatic carbocycles. The fourth-order valence-electron chi connectivity index (χ4n) is 3.11. The summed E-state index contributed by atoms with van der Waals surface area (Å²) in [7, 11) is 0. The number of ketones is 1. The Kier molecular flexibility index (Phi) is 5.89. The Morgan fingerprint density at radius 2 is 1.58 bits per heavy atom. The topological polar surface area (TPSA) is 23.6 Å². The van der Waals surface area contributed by atoms with Crippen LogP contribution in [0.1, 0.15) is 23.2 Å². The second-order valence-electron chi connectivity index (χ2n) is 6.20. The molecule has 0 amide bonds. The standard InChI is InChI=1S/C20H23ClN2O/c21-18-10-8-17(9-11-18)20(24)7-4-12-22-13-15-23(16-14-22)19-5-2-1-3-6-19/h1-3,5-6,8-11H,4,7,12-16H2. The van der Waals surface area contributed by atoms with Crippen molar-refractivity contribution in [1.29, 1.82) is 0 Å². The molecular formula is C20H23ClN2O. The minimum Gasteiger partial charge on any atom is -0.369 e. The molecule has 0 bridgehead atoms. The predicted octanol–water partition coefficient (Wildman–Crippen LogP) is 4.13. The molecule has 1 heterocycles. The number of carbonyl (C=O) groups is 1. The first-order valence-corrected chi connectivity index (χ1v) is 8.91. The van der Waals surface area contributed by atoms with E-state index in [0.717, 1.165) is 44.7 Å². The van der Waals surface area contributed by atoms with Gasteiger partial charge in [-0.1, -0.05) is 29.8 Å². The highest BCUT2D eigenvalue weighted by atomic mass is 35.5. The molecule has 0 aromatic heterocycles. The summed E-state index contributed by atoms with van der Waals surface area (Å²) in [6.45, 7) is 5.21. The van der Waals surface area contributed by atoms with Gasteiger partial charge in [-0.3, -0.25) is 9.69 Å². The van der Waals surface area contributed by atoms with Gasteiger partial charge in [-0.15, -0.1) is 0 Å². The largest absolute Gasteiger partial charge is 0.369 e. The summed E-state index contributed by atoms with van der Waals surface area (Å²) in [5.74, 6) is 0.203. The van der Waals surface area contributed by atoms with Crippen LogP contribution in [0.5, 0.6) is 0 Å². The van der Waals surface area contributed by atoms with E-state index in [0.29, 0.717) is 11.4 Å². The number of hydrogen-bond donors (Lipinski definition) is 0. The molecule has 0 aliphatic carbocycles. The van der Waals surface area contributed by atoms with E-state index < -0.39 is 0 Å². The van der Waals surface area contributed by atoms with Crippen LogP contribution in [0.4, 0.5) is 5.69 Å². The molecule has 1 fully saturated rings. The van der Waals surface area contributed by atoms with Gasteiger partial charge in [-0.25, -0.2) is 0 Å². The lowest BCUT2D eigenvalue weighted by atomic mass is 10.1. The second-order valence-corrected chi connectivity index (χ2v) is 6.63. The van der Waals surface area contributed by atoms with E-state index in [1.165, 1.54) is 5.69 Å². The van der Waals surface area contributed by atoms with E-state index in [1.54, 1.807) is 12.1 Å². The van der Waals surface area contributed by atoms with Crippen LogP contribution in [-0.4, -0.2) is 43.4 Å². The molecule has 24 heavy (non-hydrogen) atoms. The molecule has 0 saturated carbocycles. The van der Waals surface area contributed by atoms with Gasteiger partial charge in [-0.05, 0) is 49.4 Å². The third-order valence-electron chi connectivity index (χ3n) is 4.54. The average molecular weight is 343 g/mol. The zero-order valence-corrected chi connectivity index (χ0v) is 14.6. The highest BCUT2D eigenvalue weighted by Crippen LogP contribution is 2.16. The molecule has 2 aromatic rings. The van der Waals surface area contributed by atoms with Crippen molar-refractivity contribution in [3.05, 3.63) is 65.2 Å². The first-order valence-electron chi connectivity index (χ1n) is 8.53. The Morgan fingerprint density at radius 3 is 2.25 bits per heavy atom. The summed E-state index contributed by atoms with van der Waals surface area (Å²) in [6, 6.07) is 17.7. The molecule has 0 radical (unpaired) electrons. The van der Waals surface area contributed by atoms with Crippen LogP contribution in [0.25, 0.3) is 0 Å². The number of hydrogen-bond acceptors (Lipinski definition) is 3. The van der Waals surface area contributed by atoms with Crippen molar-refractivity contribution < 1.29 is 4.79 Å². The summed E-state index contributed by atoms with van der Waals surface area (Å²) in [6.07, 6.45) is 1.51. The van der Waals surface area contributed by atoms with Gasteiger partial charge in [0.05, 0.1) is 0 Å². The Morgan fingerprint density at radius 1 is 0.917 bits per heavy atom. The fourth-order valence-corrected chi connectivity index (χ4v) is 3.24. The van der Waals surface area contributed by atoms with Crippen molar-refractivity contribution >= 4 is 23.1 Å². The first kappa shape index (κ1) is 17.0. The Bertz CT molecular complexity index is 649. The molecule has 1 aliphatic rings. The quantitative estimate of drug-likeness (QED) is 0.738. The number of carbonyl (C=O) groups excluding carboxylic acids is 1. The van der Waals surface area contributed by atoms with Gasteiger partial charge in [0.15, 0.2) is 5.78 Å². The number of piperazine rings is 1. The van der Waals surface area contributed by atoms with Gasteiger partial charge in [0.1, 0.15) is 0 Å². The number of anilines is 1. The molecule has 4 heteroatoms. The van der Waals surface area contributed by atoms with E-state index in [9.17, 15) is 4.79 Å². The maximum absolute atomic E-state index is 12.2. The Labute approximate surface area is 148 Å². The predicted molar refractivity (Wildman–Crippen MR) is 100 cm³/mol. The van der Waals surface area contributed by atoms with Crippen LogP contribution >= 0.6 is 11.6 Å². The highest BCUT2D eigenvalue weighted by molar-refractivity contribution is 6.30. The van der Waals surface area contributed by atoms with Crippen LogP contribution in [-0.2, 0) is 0 Å². The van der Waals surface area contributed by atoms with Gasteiger partial charge >= 0.3 is 0 Å². The van der Waals surface area contributed by atoms with Gasteiger partial charge in [-0.2, -0.15) is 0 Å². The van der Waals surface area contributed by atoms with E-state index in [2.05, 4.69) is 40.1 Å². The summed E-state index contributed by atoms with van der Waals surface area (Å²) in [5, 5.41) is 0.669. The molecule has 0 spiro atoms. The lowest BCUT2D eigenvalue weighted by molar-refractivity contribution is 0.0974. The number of Topliss-reactive ketones (excluding diaryl/α,β-unsaturated/α-hetero) is 1. The Hall–Kier alpha value is -1.84. The zero-order chi connectivity index (χ0) is 16.8. The number of nitrogens with zero attached hydrogens (tertiary/aromatic N) is 2. The summed E-state index contributed by atoms with van der Waals surface area (Å²) < 4.78 is 0. The maximum atomic E-state index is 12.2. The third-order valence-corrected chi connectivity index (χ3v) is 4.79. The number of para-hydroxylation sites is 1. The van der Waals surface area contributed by atoms with Gasteiger partial charge in [0.2, 0.25) is 0 Å². The second kappa shape index (κ2) is 8.32. The van der Waals surface area contributed by atoms with E-state index in [1.807, 2.05) is 12.1 Å². The first-order chi connectivity index (χ1) is 11.7. The number of rotatable bonds is 6. The number of benzene rings is 2. The van der Waals surface area contributed by atoms with Crippen molar-refractivity contribution in [3.8, 4) is 0 Å². The molecule has 0 atom stereocenters. The van der Waals surface area contributed by atoms with E-state index in [-0.39, 0.29) is 5.78 Å². The van der Waals surface area contributed by atoms with Crippen LogP contribution in [0.2, 0.25) is 5.02 Å².